The molecule has 0 spiro atoms. The van der Waals surface area contributed by atoms with Gasteiger partial charge in [-0.2, -0.15) is 0 Å². The molecule has 0 aliphatic rings. The summed E-state index contributed by atoms with van der Waals surface area (Å²) in [4.78, 5) is 15.4. The zero-order valence-corrected chi connectivity index (χ0v) is 9.92. The SMILES string of the molecule is COC(=O)c1ccc(Br)c2ncc(F)cc12. The predicted octanol–water partition coefficient (Wildman–Crippen LogP) is 2.92. The normalized spacial score (nSPS) is 10.4. The van der Waals surface area contributed by atoms with Crippen molar-refractivity contribution in [1.82, 2.24) is 4.98 Å². The zero-order valence-electron chi connectivity index (χ0n) is 8.33. The van der Waals surface area contributed by atoms with Gasteiger partial charge in [0.1, 0.15) is 5.82 Å². The Kier molecular flexibility index (Phi) is 2.87. The van der Waals surface area contributed by atoms with Gasteiger partial charge in [-0.1, -0.05) is 0 Å². The highest BCUT2D eigenvalue weighted by atomic mass is 79.9. The van der Waals surface area contributed by atoms with E-state index in [1.165, 1.54) is 13.2 Å². The van der Waals surface area contributed by atoms with Crippen molar-refractivity contribution in [2.24, 2.45) is 0 Å². The molecule has 1 aromatic heterocycles. The van der Waals surface area contributed by atoms with Crippen molar-refractivity contribution in [2.45, 2.75) is 0 Å². The summed E-state index contributed by atoms with van der Waals surface area (Å²) in [7, 11) is 1.28. The van der Waals surface area contributed by atoms with Crippen molar-refractivity contribution >= 4 is 32.8 Å². The summed E-state index contributed by atoms with van der Waals surface area (Å²) >= 11 is 3.29. The third-order valence-electron chi connectivity index (χ3n) is 2.17. The van der Waals surface area contributed by atoms with Crippen molar-refractivity contribution in [3.8, 4) is 0 Å². The number of rotatable bonds is 1. The molecule has 0 aliphatic carbocycles. The van der Waals surface area contributed by atoms with Gasteiger partial charge < -0.3 is 4.74 Å². The number of benzene rings is 1. The monoisotopic (exact) mass is 283 g/mol. The van der Waals surface area contributed by atoms with Gasteiger partial charge in [0.05, 0.1) is 24.4 Å². The van der Waals surface area contributed by atoms with Gasteiger partial charge >= 0.3 is 5.97 Å². The highest BCUT2D eigenvalue weighted by Crippen LogP contribution is 2.26. The molecular weight excluding hydrogens is 277 g/mol. The van der Waals surface area contributed by atoms with Gasteiger partial charge in [0.2, 0.25) is 0 Å². The molecule has 0 radical (unpaired) electrons. The molecule has 2 rings (SSSR count). The molecule has 0 fully saturated rings. The minimum absolute atomic E-state index is 0.299. The smallest absolute Gasteiger partial charge is 0.338 e. The molecule has 1 aromatic carbocycles. The Balaban J connectivity index is 2.80. The maximum atomic E-state index is 13.1. The molecule has 0 saturated carbocycles. The van der Waals surface area contributed by atoms with Gasteiger partial charge in [-0.3, -0.25) is 4.98 Å². The summed E-state index contributed by atoms with van der Waals surface area (Å²) in [6, 6.07) is 4.51. The lowest BCUT2D eigenvalue weighted by molar-refractivity contribution is 0.0603. The Morgan fingerprint density at radius 1 is 1.50 bits per heavy atom. The number of hydrogen-bond acceptors (Lipinski definition) is 3. The third kappa shape index (κ3) is 1.78. The molecule has 82 valence electrons. The van der Waals surface area contributed by atoms with E-state index in [0.29, 0.717) is 20.9 Å². The molecule has 5 heteroatoms. The van der Waals surface area contributed by atoms with E-state index in [-0.39, 0.29) is 0 Å². The number of methoxy groups -OCH3 is 1. The van der Waals surface area contributed by atoms with Crippen LogP contribution in [-0.4, -0.2) is 18.1 Å². The molecule has 0 aliphatic heterocycles. The quantitative estimate of drug-likeness (QED) is 0.756. The Labute approximate surface area is 99.4 Å². The van der Waals surface area contributed by atoms with Crippen LogP contribution in [0.25, 0.3) is 10.9 Å². The van der Waals surface area contributed by atoms with E-state index in [2.05, 4.69) is 25.7 Å². The first-order chi connectivity index (χ1) is 7.63. The number of nitrogens with zero attached hydrogens (tertiary/aromatic N) is 1. The fourth-order valence-electron chi connectivity index (χ4n) is 1.45. The lowest BCUT2D eigenvalue weighted by atomic mass is 10.1. The molecule has 16 heavy (non-hydrogen) atoms. The second kappa shape index (κ2) is 4.17. The highest BCUT2D eigenvalue weighted by molar-refractivity contribution is 9.10. The topological polar surface area (TPSA) is 39.2 Å². The minimum atomic E-state index is -0.509. The van der Waals surface area contributed by atoms with Crippen LogP contribution in [0.5, 0.6) is 0 Å². The number of esters is 1. The average molecular weight is 284 g/mol. The number of pyridine rings is 1. The van der Waals surface area contributed by atoms with Crippen molar-refractivity contribution < 1.29 is 13.9 Å². The van der Waals surface area contributed by atoms with Gasteiger partial charge in [-0.05, 0) is 34.1 Å². The van der Waals surface area contributed by atoms with Crippen molar-refractivity contribution in [2.75, 3.05) is 7.11 Å². The first-order valence-corrected chi connectivity index (χ1v) is 5.25. The maximum absolute atomic E-state index is 13.1. The number of carbonyl (C=O) groups is 1. The number of hydrogen-bond donors (Lipinski definition) is 0. The van der Waals surface area contributed by atoms with E-state index < -0.39 is 11.8 Å². The van der Waals surface area contributed by atoms with Gasteiger partial charge in [0.15, 0.2) is 0 Å². The van der Waals surface area contributed by atoms with Crippen molar-refractivity contribution in [3.05, 3.63) is 40.2 Å². The van der Waals surface area contributed by atoms with Crippen LogP contribution >= 0.6 is 15.9 Å². The van der Waals surface area contributed by atoms with E-state index >= 15 is 0 Å². The van der Waals surface area contributed by atoms with E-state index in [9.17, 15) is 9.18 Å². The van der Waals surface area contributed by atoms with Crippen molar-refractivity contribution in [1.29, 1.82) is 0 Å². The molecule has 0 unspecified atom stereocenters. The van der Waals surface area contributed by atoms with Crippen molar-refractivity contribution in [3.63, 3.8) is 0 Å². The fraction of sp³-hybridized carbons (Fsp3) is 0.0909. The van der Waals surface area contributed by atoms with Crippen LogP contribution in [0.3, 0.4) is 0 Å². The predicted molar refractivity (Wildman–Crippen MR) is 60.7 cm³/mol. The van der Waals surface area contributed by atoms with E-state index in [4.69, 9.17) is 0 Å². The lowest BCUT2D eigenvalue weighted by Crippen LogP contribution is -2.02. The summed E-state index contributed by atoms with van der Waals surface area (Å²) in [5.74, 6) is -0.999. The van der Waals surface area contributed by atoms with E-state index in [1.54, 1.807) is 12.1 Å². The zero-order chi connectivity index (χ0) is 11.7. The summed E-state index contributed by atoms with van der Waals surface area (Å²) < 4.78 is 18.4. The van der Waals surface area contributed by atoms with Gasteiger partial charge in [0.25, 0.3) is 0 Å². The first kappa shape index (κ1) is 11.0. The number of fused-ring (bicyclic) bond motifs is 1. The standard InChI is InChI=1S/C11H7BrFNO2/c1-16-11(15)7-2-3-9(12)10-8(7)4-6(13)5-14-10/h2-5H,1H3. The highest BCUT2D eigenvalue weighted by Gasteiger charge is 2.13. The summed E-state index contributed by atoms with van der Waals surface area (Å²) in [6.07, 6.45) is 1.11. The van der Waals surface area contributed by atoms with Crippen LogP contribution in [0.15, 0.2) is 28.9 Å². The third-order valence-corrected chi connectivity index (χ3v) is 2.81. The second-order valence-corrected chi connectivity index (χ2v) is 3.99. The molecule has 0 saturated heterocycles. The van der Waals surface area contributed by atoms with E-state index in [1.807, 2.05) is 0 Å². The molecule has 0 N–H and O–H groups in total. The van der Waals surface area contributed by atoms with E-state index in [0.717, 1.165) is 6.20 Å². The second-order valence-electron chi connectivity index (χ2n) is 3.14. The first-order valence-electron chi connectivity index (χ1n) is 4.45. The lowest BCUT2D eigenvalue weighted by Gasteiger charge is -2.05. The van der Waals surface area contributed by atoms with Crippen LogP contribution in [0, 0.1) is 5.82 Å². The Morgan fingerprint density at radius 3 is 2.94 bits per heavy atom. The number of ether oxygens (including phenoxy) is 1. The Hall–Kier alpha value is -1.49. The van der Waals surface area contributed by atoms with Gasteiger partial charge in [-0.25, -0.2) is 9.18 Å². The average Bonchev–Trinajstić information content (AvgIpc) is 2.28. The Morgan fingerprint density at radius 2 is 2.25 bits per heavy atom. The van der Waals surface area contributed by atoms with Crippen LogP contribution < -0.4 is 0 Å². The summed E-state index contributed by atoms with van der Waals surface area (Å²) in [5, 5.41) is 0.432. The number of halogens is 2. The van der Waals surface area contributed by atoms with Crippen LogP contribution in [0.2, 0.25) is 0 Å². The molecule has 2 aromatic rings. The molecule has 0 atom stereocenters. The molecule has 1 heterocycles. The Bertz CT molecular complexity index is 571. The molecular formula is C11H7BrFNO2. The summed E-state index contributed by atoms with van der Waals surface area (Å²) in [5.41, 5.74) is 0.831. The van der Waals surface area contributed by atoms with Crippen LogP contribution in [0.4, 0.5) is 4.39 Å². The fourth-order valence-corrected chi connectivity index (χ4v) is 1.90. The largest absolute Gasteiger partial charge is 0.465 e. The van der Waals surface area contributed by atoms with Gasteiger partial charge in [0, 0.05) is 9.86 Å². The van der Waals surface area contributed by atoms with Crippen LogP contribution in [-0.2, 0) is 4.74 Å². The number of aromatic nitrogens is 1. The maximum Gasteiger partial charge on any atom is 0.338 e. The van der Waals surface area contributed by atoms with Gasteiger partial charge in [-0.15, -0.1) is 0 Å². The summed E-state index contributed by atoms with van der Waals surface area (Å²) in [6.45, 7) is 0. The molecule has 3 nitrogen and oxygen atoms in total. The molecule has 0 amide bonds. The van der Waals surface area contributed by atoms with Crippen LogP contribution in [0.1, 0.15) is 10.4 Å². The molecule has 0 bridgehead atoms. The minimum Gasteiger partial charge on any atom is -0.465 e. The number of carbonyl (C=O) groups excluding carboxylic acids is 1.